The molecule has 0 radical (unpaired) electrons. The molecule has 0 unspecified atom stereocenters. The summed E-state index contributed by atoms with van der Waals surface area (Å²) in [5.41, 5.74) is -0.416. The largest absolute Gasteiger partial charge is 0.458 e. The standard InChI is InChI=1S/C22H16F3N5O3.C13H11N3O4.C9H5F3O2.2C2H3F3/c1-26-16-8-7-14(12-18(16)30(31)32)33-15-9-10-27-17(11-15)21-28-19(13-5-3-2-4-6-13)20(29-21)22(23,24)25;1-14-12-3-2-10(7-13(12)16(18)19)20-11-4-5-15-9(6-11)8-17;10-9(11,12)8(14)7(13)6-4-2-1-3-5-6;2*1-2(3,4)5/h2-12,26H,1H3,(H,28,29);2-8,14H,1H3;1-5H;2*1H3. The fraction of sp³-hybridized carbons (Fsp3) is 0.167. The molecule has 0 aliphatic rings. The molecule has 3 aromatic heterocycles. The Bertz CT molecular complexity index is 3090. The van der Waals surface area contributed by atoms with Crippen LogP contribution in [0.25, 0.3) is 22.8 Å². The molecule has 77 heavy (non-hydrogen) atoms. The van der Waals surface area contributed by atoms with Crippen LogP contribution in [0.5, 0.6) is 23.0 Å². The van der Waals surface area contributed by atoms with Crippen LogP contribution in [0.3, 0.4) is 0 Å². The Labute approximate surface area is 426 Å². The smallest absolute Gasteiger partial charge is 0.457 e. The second kappa shape index (κ2) is 27.2. The molecule has 4 aromatic carbocycles. The van der Waals surface area contributed by atoms with Crippen LogP contribution in [0.2, 0.25) is 0 Å². The molecule has 0 saturated heterocycles. The molecule has 7 aromatic rings. The zero-order valence-corrected chi connectivity index (χ0v) is 39.7. The third-order valence-electron chi connectivity index (χ3n) is 8.72. The number of benzene rings is 4. The number of imidazole rings is 1. The molecule has 408 valence electrons. The first-order chi connectivity index (χ1) is 35.8. The predicted molar refractivity (Wildman–Crippen MR) is 253 cm³/mol. The number of nitrogens with one attached hydrogen (secondary N) is 3. The number of Topliss-reactive ketones (excluding diaryl/α,β-unsaturated/α-hetero) is 2. The number of aromatic amines is 1. The molecule has 0 saturated carbocycles. The molecule has 3 N–H and O–H groups in total. The first kappa shape index (κ1) is 61.9. The molecule has 17 nitrogen and oxygen atoms in total. The Balaban J connectivity index is 0.000000300. The van der Waals surface area contributed by atoms with E-state index < -0.39 is 51.8 Å². The number of aldehydes is 1. The first-order valence-corrected chi connectivity index (χ1v) is 21.1. The number of H-pyrrole nitrogens is 1. The lowest BCUT2D eigenvalue weighted by Gasteiger charge is -2.08. The molecule has 3 heterocycles. The van der Waals surface area contributed by atoms with Crippen molar-refractivity contribution in [3.05, 3.63) is 171 Å². The van der Waals surface area contributed by atoms with Gasteiger partial charge in [-0.25, -0.2) is 4.98 Å². The van der Waals surface area contributed by atoms with Crippen LogP contribution in [-0.4, -0.2) is 80.3 Å². The second-order valence-electron chi connectivity index (χ2n) is 14.7. The van der Waals surface area contributed by atoms with Crippen molar-refractivity contribution in [2.75, 3.05) is 24.7 Å². The highest BCUT2D eigenvalue weighted by atomic mass is 19.4. The monoisotopic (exact) mass is 1100 g/mol. The summed E-state index contributed by atoms with van der Waals surface area (Å²) in [5, 5.41) is 27.6. The molecular formula is C48H38F12N8O9. The third-order valence-corrected chi connectivity index (χ3v) is 8.72. The number of hydrogen-bond acceptors (Lipinski definition) is 14. The molecule has 29 heteroatoms. The number of carbonyl (C=O) groups is 3. The summed E-state index contributed by atoms with van der Waals surface area (Å²) < 4.78 is 150. The van der Waals surface area contributed by atoms with Gasteiger partial charge in [-0.15, -0.1) is 0 Å². The fourth-order valence-corrected chi connectivity index (χ4v) is 5.66. The van der Waals surface area contributed by atoms with Crippen molar-refractivity contribution >= 4 is 40.6 Å². The van der Waals surface area contributed by atoms with Gasteiger partial charge in [-0.3, -0.25) is 44.6 Å². The number of nitro groups is 2. The number of halogens is 12. The molecule has 0 atom stereocenters. The number of rotatable bonds is 13. The minimum Gasteiger partial charge on any atom is -0.457 e. The number of ether oxygens (including phenoxy) is 2. The van der Waals surface area contributed by atoms with E-state index in [2.05, 4.69) is 30.6 Å². The number of hydrogen-bond donors (Lipinski definition) is 3. The molecule has 0 spiro atoms. The zero-order valence-electron chi connectivity index (χ0n) is 39.7. The lowest BCUT2D eigenvalue weighted by Crippen LogP contribution is -2.30. The van der Waals surface area contributed by atoms with Crippen molar-refractivity contribution < 1.29 is 86.4 Å². The van der Waals surface area contributed by atoms with Crippen LogP contribution >= 0.6 is 0 Å². The van der Waals surface area contributed by atoms with Gasteiger partial charge in [0.2, 0.25) is 5.78 Å². The quantitative estimate of drug-likeness (QED) is 0.0243. The van der Waals surface area contributed by atoms with Crippen molar-refractivity contribution in [2.24, 2.45) is 0 Å². The van der Waals surface area contributed by atoms with Gasteiger partial charge in [0.25, 0.3) is 11.4 Å². The van der Waals surface area contributed by atoms with Crippen molar-refractivity contribution in [1.82, 2.24) is 19.9 Å². The highest BCUT2D eigenvalue weighted by Crippen LogP contribution is 2.38. The Morgan fingerprint density at radius 1 is 0.610 bits per heavy atom. The van der Waals surface area contributed by atoms with E-state index in [0.717, 1.165) is 12.1 Å². The fourth-order valence-electron chi connectivity index (χ4n) is 5.66. The van der Waals surface area contributed by atoms with E-state index in [0.29, 0.717) is 34.7 Å². The highest BCUT2D eigenvalue weighted by Gasteiger charge is 2.43. The van der Waals surface area contributed by atoms with Crippen molar-refractivity contribution in [3.8, 4) is 45.8 Å². The number of nitro benzene ring substituents is 2. The Morgan fingerprint density at radius 2 is 1.04 bits per heavy atom. The van der Waals surface area contributed by atoms with Crippen LogP contribution < -0.4 is 20.1 Å². The maximum absolute atomic E-state index is 13.6. The molecule has 0 aliphatic carbocycles. The average molecular weight is 1100 g/mol. The number of pyridine rings is 2. The van der Waals surface area contributed by atoms with Crippen LogP contribution in [-0.2, 0) is 11.0 Å². The molecule has 7 rings (SSSR count). The van der Waals surface area contributed by atoms with E-state index in [9.17, 15) is 87.3 Å². The maximum Gasteiger partial charge on any atom is 0.458 e. The highest BCUT2D eigenvalue weighted by molar-refractivity contribution is 6.45. The van der Waals surface area contributed by atoms with Crippen molar-refractivity contribution in [2.45, 2.75) is 38.6 Å². The Hall–Kier alpha value is -9.44. The normalized spacial score (nSPS) is 11.0. The van der Waals surface area contributed by atoms with E-state index in [1.165, 1.54) is 85.2 Å². The van der Waals surface area contributed by atoms with Gasteiger partial charge in [-0.2, -0.15) is 52.7 Å². The summed E-state index contributed by atoms with van der Waals surface area (Å²) in [4.78, 5) is 67.5. The summed E-state index contributed by atoms with van der Waals surface area (Å²) in [6.45, 7) is 0.375. The van der Waals surface area contributed by atoms with Gasteiger partial charge >= 0.3 is 30.5 Å². The lowest BCUT2D eigenvalue weighted by molar-refractivity contribution is -0.384. The van der Waals surface area contributed by atoms with E-state index in [-0.39, 0.29) is 65.2 Å². The van der Waals surface area contributed by atoms with E-state index in [4.69, 9.17) is 9.47 Å². The minimum absolute atomic E-state index is 0.0883. The number of alkyl halides is 12. The van der Waals surface area contributed by atoms with Gasteiger partial charge in [0, 0.05) is 63.6 Å². The average Bonchev–Trinajstić information content (AvgIpc) is 3.83. The van der Waals surface area contributed by atoms with Gasteiger partial charge in [-0.05, 0) is 36.4 Å². The Kier molecular flexibility index (Phi) is 21.8. The summed E-state index contributed by atoms with van der Waals surface area (Å²) in [7, 11) is 3.16. The van der Waals surface area contributed by atoms with Gasteiger partial charge in [0.05, 0.1) is 22.0 Å². The summed E-state index contributed by atoms with van der Waals surface area (Å²) in [5.74, 6) is -2.88. The zero-order chi connectivity index (χ0) is 57.9. The number of nitrogens with zero attached hydrogens (tertiary/aromatic N) is 5. The molecule has 0 fully saturated rings. The first-order valence-electron chi connectivity index (χ1n) is 21.1. The second-order valence-corrected chi connectivity index (χ2v) is 14.7. The van der Waals surface area contributed by atoms with Crippen molar-refractivity contribution in [1.29, 1.82) is 0 Å². The summed E-state index contributed by atoms with van der Waals surface area (Å²) in [6.07, 6.45) is -14.4. The maximum atomic E-state index is 13.6. The van der Waals surface area contributed by atoms with E-state index >= 15 is 0 Å². The molecule has 0 aliphatic heterocycles. The predicted octanol–water partition coefficient (Wildman–Crippen LogP) is 13.7. The van der Waals surface area contributed by atoms with Gasteiger partial charge in [0.1, 0.15) is 57.1 Å². The van der Waals surface area contributed by atoms with Crippen LogP contribution in [0.15, 0.2) is 134 Å². The van der Waals surface area contributed by atoms with Crippen LogP contribution in [0, 0.1) is 20.2 Å². The topological polar surface area (TPSA) is 234 Å². The molecule has 0 amide bonds. The summed E-state index contributed by atoms with van der Waals surface area (Å²) >= 11 is 0. The number of aromatic nitrogens is 4. The van der Waals surface area contributed by atoms with Crippen LogP contribution in [0.1, 0.15) is 40.4 Å². The number of carbonyl (C=O) groups excluding carboxylic acids is 3. The molecule has 0 bridgehead atoms. The van der Waals surface area contributed by atoms with Gasteiger partial charge < -0.3 is 25.1 Å². The Morgan fingerprint density at radius 3 is 1.45 bits per heavy atom. The van der Waals surface area contributed by atoms with Gasteiger partial charge in [0.15, 0.2) is 12.1 Å². The third kappa shape index (κ3) is 21.1. The van der Waals surface area contributed by atoms with E-state index in [1.807, 2.05) is 0 Å². The summed E-state index contributed by atoms with van der Waals surface area (Å²) in [6, 6.07) is 29.2. The SMILES string of the molecule is CC(F)(F)F.CC(F)(F)F.CNc1ccc(Oc2ccnc(-c3nc(-c4ccccc4)c(C(F)(F)F)[nH]3)c2)cc1[N+](=O)[O-].CNc1ccc(Oc2ccnc(C=O)c2)cc1[N+](=O)[O-].O=C(C(=O)C(F)(F)F)c1ccccc1. The van der Waals surface area contributed by atoms with E-state index in [1.54, 1.807) is 50.5 Å². The minimum atomic E-state index is -5.10. The van der Waals surface area contributed by atoms with Gasteiger partial charge in [-0.1, -0.05) is 60.7 Å². The van der Waals surface area contributed by atoms with Crippen LogP contribution in [0.4, 0.5) is 75.4 Å². The number of ketones is 2. The van der Waals surface area contributed by atoms with Crippen molar-refractivity contribution in [3.63, 3.8) is 0 Å². The lowest BCUT2D eigenvalue weighted by atomic mass is 10.1. The number of anilines is 2. The molecular weight excluding hydrogens is 1060 g/mol.